The number of nitrogens with two attached hydrogens (primary N) is 1. The van der Waals surface area contributed by atoms with Gasteiger partial charge in [0.2, 0.25) is 0 Å². The highest BCUT2D eigenvalue weighted by atomic mass is 16.5. The summed E-state index contributed by atoms with van der Waals surface area (Å²) in [4.78, 5) is 21.1. The first-order valence-electron chi connectivity index (χ1n) is 5.24. The summed E-state index contributed by atoms with van der Waals surface area (Å²) in [6.07, 6.45) is 3.64. The number of carboxylic acids is 1. The van der Waals surface area contributed by atoms with E-state index in [-0.39, 0.29) is 12.8 Å². The van der Waals surface area contributed by atoms with E-state index < -0.39 is 11.9 Å². The van der Waals surface area contributed by atoms with Crippen LogP contribution in [-0.4, -0.2) is 30.2 Å². The van der Waals surface area contributed by atoms with Gasteiger partial charge in [-0.2, -0.15) is 0 Å². The number of carbonyl (C=O) groups excluding carboxylic acids is 1. The van der Waals surface area contributed by atoms with Crippen molar-refractivity contribution in [1.29, 1.82) is 0 Å². The molecule has 0 amide bonds. The molecule has 0 saturated heterocycles. The van der Waals surface area contributed by atoms with E-state index in [1.807, 2.05) is 0 Å². The molecule has 5 nitrogen and oxygen atoms in total. The van der Waals surface area contributed by atoms with Crippen molar-refractivity contribution in [2.24, 2.45) is 5.73 Å². The van der Waals surface area contributed by atoms with Crippen molar-refractivity contribution < 1.29 is 19.4 Å². The summed E-state index contributed by atoms with van der Waals surface area (Å²) in [5.74, 6) is -1.41. The molecule has 0 saturated carbocycles. The predicted molar refractivity (Wildman–Crippen MR) is 55.4 cm³/mol. The molecule has 0 aliphatic heterocycles. The van der Waals surface area contributed by atoms with Crippen molar-refractivity contribution in [2.75, 3.05) is 13.2 Å². The quantitative estimate of drug-likeness (QED) is 0.442. The van der Waals surface area contributed by atoms with Gasteiger partial charge in [0.05, 0.1) is 19.4 Å². The van der Waals surface area contributed by atoms with Crippen LogP contribution in [0.25, 0.3) is 0 Å². The number of hydrogen-bond donors (Lipinski definition) is 2. The Balaban J connectivity index is 3.20. The van der Waals surface area contributed by atoms with Crippen LogP contribution in [0.2, 0.25) is 0 Å². The third-order valence-electron chi connectivity index (χ3n) is 1.90. The van der Waals surface area contributed by atoms with E-state index in [4.69, 9.17) is 15.6 Å². The van der Waals surface area contributed by atoms with E-state index in [1.54, 1.807) is 0 Å². The Labute approximate surface area is 89.6 Å². The number of carboxylic acid groups (broad SMARTS) is 1. The molecule has 0 atom stereocenters. The molecule has 0 aromatic carbocycles. The summed E-state index contributed by atoms with van der Waals surface area (Å²) < 4.78 is 4.84. The smallest absolute Gasteiger partial charge is 0.306 e. The van der Waals surface area contributed by atoms with Crippen molar-refractivity contribution in [1.82, 2.24) is 0 Å². The number of rotatable bonds is 9. The predicted octanol–water partition coefficient (Wildman–Crippen LogP) is 0.913. The molecule has 88 valence electrons. The lowest BCUT2D eigenvalue weighted by molar-refractivity contribution is -0.147. The summed E-state index contributed by atoms with van der Waals surface area (Å²) in [5, 5.41) is 8.31. The van der Waals surface area contributed by atoms with Gasteiger partial charge in [-0.05, 0) is 19.4 Å². The van der Waals surface area contributed by atoms with E-state index in [0.717, 1.165) is 25.7 Å². The van der Waals surface area contributed by atoms with Gasteiger partial charge in [0, 0.05) is 0 Å². The molecular weight excluding hydrogens is 198 g/mol. The van der Waals surface area contributed by atoms with Gasteiger partial charge in [0.1, 0.15) is 0 Å². The van der Waals surface area contributed by atoms with E-state index in [9.17, 15) is 9.59 Å². The summed E-state index contributed by atoms with van der Waals surface area (Å²) >= 11 is 0. The van der Waals surface area contributed by atoms with E-state index in [0.29, 0.717) is 13.2 Å². The van der Waals surface area contributed by atoms with Crippen LogP contribution in [0.1, 0.15) is 38.5 Å². The Morgan fingerprint density at radius 3 is 2.33 bits per heavy atom. The maximum Gasteiger partial charge on any atom is 0.306 e. The third kappa shape index (κ3) is 10.8. The lowest BCUT2D eigenvalue weighted by Gasteiger charge is -2.03. The molecule has 0 rings (SSSR count). The van der Waals surface area contributed by atoms with Crippen LogP contribution in [0.5, 0.6) is 0 Å². The minimum absolute atomic E-state index is 0.0435. The second kappa shape index (κ2) is 9.45. The lowest BCUT2D eigenvalue weighted by Crippen LogP contribution is -2.08. The topological polar surface area (TPSA) is 89.6 Å². The molecule has 0 aromatic rings. The van der Waals surface area contributed by atoms with Crippen molar-refractivity contribution in [3.63, 3.8) is 0 Å². The van der Waals surface area contributed by atoms with Gasteiger partial charge in [-0.3, -0.25) is 9.59 Å². The fourth-order valence-corrected chi connectivity index (χ4v) is 1.07. The second-order valence-corrected chi connectivity index (χ2v) is 3.32. The average Bonchev–Trinajstić information content (AvgIpc) is 2.20. The fraction of sp³-hybridized carbons (Fsp3) is 0.800. The fourth-order valence-electron chi connectivity index (χ4n) is 1.07. The van der Waals surface area contributed by atoms with Gasteiger partial charge in [-0.25, -0.2) is 0 Å². The third-order valence-corrected chi connectivity index (χ3v) is 1.90. The highest BCUT2D eigenvalue weighted by Crippen LogP contribution is 2.00. The largest absolute Gasteiger partial charge is 0.481 e. The van der Waals surface area contributed by atoms with Crippen LogP contribution in [0, 0.1) is 0 Å². The van der Waals surface area contributed by atoms with Gasteiger partial charge in [-0.15, -0.1) is 0 Å². The number of hydrogen-bond acceptors (Lipinski definition) is 4. The van der Waals surface area contributed by atoms with E-state index in [2.05, 4.69) is 0 Å². The van der Waals surface area contributed by atoms with Crippen LogP contribution in [0.3, 0.4) is 0 Å². The van der Waals surface area contributed by atoms with Gasteiger partial charge in [-0.1, -0.05) is 12.8 Å². The average molecular weight is 217 g/mol. The van der Waals surface area contributed by atoms with Crippen molar-refractivity contribution >= 4 is 11.9 Å². The summed E-state index contributed by atoms with van der Waals surface area (Å²) in [6, 6.07) is 0. The molecule has 0 aliphatic carbocycles. The Morgan fingerprint density at radius 2 is 1.73 bits per heavy atom. The summed E-state index contributed by atoms with van der Waals surface area (Å²) in [6.45, 7) is 1.07. The van der Waals surface area contributed by atoms with Gasteiger partial charge in [0.15, 0.2) is 0 Å². The molecular formula is C10H19NO4. The highest BCUT2D eigenvalue weighted by molar-refractivity contribution is 5.76. The number of esters is 1. The zero-order chi connectivity index (χ0) is 11.5. The van der Waals surface area contributed by atoms with Crippen molar-refractivity contribution in [2.45, 2.75) is 38.5 Å². The Morgan fingerprint density at radius 1 is 1.07 bits per heavy atom. The standard InChI is InChI=1S/C10H19NO4/c11-7-3-1-2-4-8-15-10(14)6-5-9(12)13/h1-8,11H2,(H,12,13). The van der Waals surface area contributed by atoms with Gasteiger partial charge in [0.25, 0.3) is 0 Å². The van der Waals surface area contributed by atoms with Gasteiger partial charge >= 0.3 is 11.9 Å². The first-order chi connectivity index (χ1) is 7.16. The molecule has 0 aliphatic rings. The first-order valence-corrected chi connectivity index (χ1v) is 5.24. The zero-order valence-corrected chi connectivity index (χ0v) is 8.91. The lowest BCUT2D eigenvalue weighted by atomic mass is 10.2. The molecule has 0 unspecified atom stereocenters. The minimum Gasteiger partial charge on any atom is -0.481 e. The molecule has 5 heteroatoms. The molecule has 0 fully saturated rings. The maximum absolute atomic E-state index is 10.9. The van der Waals surface area contributed by atoms with Crippen LogP contribution in [0.4, 0.5) is 0 Å². The first kappa shape index (κ1) is 13.9. The SMILES string of the molecule is NCCCCCCOC(=O)CCC(=O)O. The molecule has 0 spiro atoms. The van der Waals surface area contributed by atoms with Crippen LogP contribution in [-0.2, 0) is 14.3 Å². The van der Waals surface area contributed by atoms with Crippen molar-refractivity contribution in [3.05, 3.63) is 0 Å². The summed E-state index contributed by atoms with van der Waals surface area (Å²) in [5.41, 5.74) is 5.32. The number of ether oxygens (including phenoxy) is 1. The molecule has 0 aromatic heterocycles. The van der Waals surface area contributed by atoms with Crippen molar-refractivity contribution in [3.8, 4) is 0 Å². The molecule has 15 heavy (non-hydrogen) atoms. The Hall–Kier alpha value is -1.10. The molecule has 0 heterocycles. The van der Waals surface area contributed by atoms with Crippen LogP contribution >= 0.6 is 0 Å². The van der Waals surface area contributed by atoms with E-state index >= 15 is 0 Å². The minimum atomic E-state index is -0.977. The van der Waals surface area contributed by atoms with Crippen LogP contribution in [0.15, 0.2) is 0 Å². The number of carbonyl (C=O) groups is 2. The Bertz CT molecular complexity index is 194. The van der Waals surface area contributed by atoms with E-state index in [1.165, 1.54) is 0 Å². The molecule has 0 radical (unpaired) electrons. The normalized spacial score (nSPS) is 9.93. The number of aliphatic carboxylic acids is 1. The van der Waals surface area contributed by atoms with Crippen LogP contribution < -0.4 is 5.73 Å². The Kier molecular flexibility index (Phi) is 8.76. The van der Waals surface area contributed by atoms with Gasteiger partial charge < -0.3 is 15.6 Å². The maximum atomic E-state index is 10.9. The monoisotopic (exact) mass is 217 g/mol. The summed E-state index contributed by atoms with van der Waals surface area (Å²) in [7, 11) is 0. The highest BCUT2D eigenvalue weighted by Gasteiger charge is 2.05. The zero-order valence-electron chi connectivity index (χ0n) is 8.91. The second-order valence-electron chi connectivity index (χ2n) is 3.32. The molecule has 3 N–H and O–H groups in total. The number of unbranched alkanes of at least 4 members (excludes halogenated alkanes) is 3. The molecule has 0 bridgehead atoms.